The molecule has 0 unspecified atom stereocenters. The molecule has 0 radical (unpaired) electrons. The van der Waals surface area contributed by atoms with Crippen LogP contribution in [0.2, 0.25) is 0 Å². The van der Waals surface area contributed by atoms with Gasteiger partial charge in [-0.25, -0.2) is 14.4 Å². The lowest BCUT2D eigenvalue weighted by Gasteiger charge is -2.19. The Labute approximate surface area is 176 Å². The smallest absolute Gasteiger partial charge is 0.218 e. The number of halogens is 2. The maximum Gasteiger partial charge on any atom is 0.218 e. The standard InChI is InChI=1S/C20H25FN4O.HI/c1-3-22-19(24-13-15-6-5-11-23-18(15)26-2)25-14-20(9-10-20)16-7-4-8-17(21)12-16;/h4-8,11-12H,3,9-10,13-14H2,1-2H3,(H2,22,24,25);1H. The van der Waals surface area contributed by atoms with E-state index in [1.807, 2.05) is 25.1 Å². The Morgan fingerprint density at radius 2 is 2.07 bits per heavy atom. The van der Waals surface area contributed by atoms with Crippen LogP contribution >= 0.6 is 24.0 Å². The molecule has 27 heavy (non-hydrogen) atoms. The van der Waals surface area contributed by atoms with E-state index in [0.717, 1.165) is 43.0 Å². The van der Waals surface area contributed by atoms with E-state index < -0.39 is 0 Å². The Morgan fingerprint density at radius 1 is 1.26 bits per heavy atom. The highest BCUT2D eigenvalue weighted by molar-refractivity contribution is 14.0. The normalized spacial score (nSPS) is 14.9. The SMILES string of the molecule is CCNC(=NCc1cccnc1OC)NCC1(c2cccc(F)c2)CC1.I. The van der Waals surface area contributed by atoms with E-state index in [2.05, 4.69) is 20.6 Å². The van der Waals surface area contributed by atoms with Crippen LogP contribution in [0.3, 0.4) is 0 Å². The van der Waals surface area contributed by atoms with Crippen LogP contribution in [-0.4, -0.2) is 31.1 Å². The van der Waals surface area contributed by atoms with E-state index in [0.29, 0.717) is 12.4 Å². The fourth-order valence-corrected chi connectivity index (χ4v) is 3.02. The molecule has 0 saturated heterocycles. The van der Waals surface area contributed by atoms with Gasteiger partial charge in [0, 0.05) is 30.3 Å². The van der Waals surface area contributed by atoms with Crippen molar-refractivity contribution in [3.63, 3.8) is 0 Å². The molecule has 1 aromatic heterocycles. The predicted octanol–water partition coefficient (Wildman–Crippen LogP) is 3.63. The largest absolute Gasteiger partial charge is 0.481 e. The van der Waals surface area contributed by atoms with Crippen LogP contribution in [0.15, 0.2) is 47.6 Å². The Kier molecular flexibility index (Phi) is 7.82. The molecule has 0 spiro atoms. The quantitative estimate of drug-likeness (QED) is 0.358. The molecular weight excluding hydrogens is 458 g/mol. The molecule has 1 saturated carbocycles. The lowest BCUT2D eigenvalue weighted by Crippen LogP contribution is -2.41. The molecule has 5 nitrogen and oxygen atoms in total. The van der Waals surface area contributed by atoms with E-state index in [1.165, 1.54) is 6.07 Å². The van der Waals surface area contributed by atoms with Gasteiger partial charge in [-0.1, -0.05) is 18.2 Å². The Balaban J connectivity index is 0.00000261. The predicted molar refractivity (Wildman–Crippen MR) is 116 cm³/mol. The molecule has 1 aromatic carbocycles. The van der Waals surface area contributed by atoms with Crippen molar-refractivity contribution in [3.8, 4) is 5.88 Å². The van der Waals surface area contributed by atoms with Crippen molar-refractivity contribution in [2.75, 3.05) is 20.2 Å². The van der Waals surface area contributed by atoms with Gasteiger partial charge in [-0.3, -0.25) is 0 Å². The van der Waals surface area contributed by atoms with E-state index in [-0.39, 0.29) is 35.2 Å². The molecule has 1 aliphatic rings. The highest BCUT2D eigenvalue weighted by Gasteiger charge is 2.44. The third-order valence-corrected chi connectivity index (χ3v) is 4.68. The van der Waals surface area contributed by atoms with Crippen LogP contribution < -0.4 is 15.4 Å². The number of pyridine rings is 1. The molecule has 7 heteroatoms. The van der Waals surface area contributed by atoms with E-state index in [4.69, 9.17) is 4.74 Å². The number of hydrogen-bond acceptors (Lipinski definition) is 3. The van der Waals surface area contributed by atoms with Crippen molar-refractivity contribution >= 4 is 29.9 Å². The van der Waals surface area contributed by atoms with Crippen LogP contribution in [0.25, 0.3) is 0 Å². The lowest BCUT2D eigenvalue weighted by atomic mass is 9.96. The van der Waals surface area contributed by atoms with Gasteiger partial charge in [0.2, 0.25) is 5.88 Å². The van der Waals surface area contributed by atoms with E-state index >= 15 is 0 Å². The number of aromatic nitrogens is 1. The number of aliphatic imine (C=N–C) groups is 1. The van der Waals surface area contributed by atoms with Gasteiger partial charge in [-0.15, -0.1) is 24.0 Å². The zero-order chi connectivity index (χ0) is 18.4. The van der Waals surface area contributed by atoms with Gasteiger partial charge in [-0.2, -0.15) is 0 Å². The first-order valence-corrected chi connectivity index (χ1v) is 8.93. The lowest BCUT2D eigenvalue weighted by molar-refractivity contribution is 0.392. The summed E-state index contributed by atoms with van der Waals surface area (Å²) < 4.78 is 18.8. The third kappa shape index (κ3) is 5.54. The number of hydrogen-bond donors (Lipinski definition) is 2. The minimum absolute atomic E-state index is 0. The average Bonchev–Trinajstić information content (AvgIpc) is 3.45. The van der Waals surface area contributed by atoms with Crippen molar-refractivity contribution in [2.24, 2.45) is 4.99 Å². The first-order valence-electron chi connectivity index (χ1n) is 8.93. The topological polar surface area (TPSA) is 58.5 Å². The maximum atomic E-state index is 13.6. The van der Waals surface area contributed by atoms with E-state index in [9.17, 15) is 4.39 Å². The van der Waals surface area contributed by atoms with Crippen molar-refractivity contribution in [3.05, 3.63) is 59.5 Å². The van der Waals surface area contributed by atoms with Crippen molar-refractivity contribution in [2.45, 2.75) is 31.7 Å². The van der Waals surface area contributed by atoms with Gasteiger partial charge >= 0.3 is 0 Å². The summed E-state index contributed by atoms with van der Waals surface area (Å²) in [5.41, 5.74) is 1.98. The van der Waals surface area contributed by atoms with Crippen molar-refractivity contribution < 1.29 is 9.13 Å². The number of benzene rings is 1. The first kappa shape index (κ1) is 21.4. The van der Waals surface area contributed by atoms with Crippen LogP contribution in [0.4, 0.5) is 4.39 Å². The molecule has 0 atom stereocenters. The number of ether oxygens (including phenoxy) is 1. The fraction of sp³-hybridized carbons (Fsp3) is 0.400. The van der Waals surface area contributed by atoms with E-state index in [1.54, 1.807) is 25.4 Å². The van der Waals surface area contributed by atoms with Crippen LogP contribution in [0.1, 0.15) is 30.9 Å². The minimum Gasteiger partial charge on any atom is -0.481 e. The monoisotopic (exact) mass is 484 g/mol. The molecule has 1 heterocycles. The number of rotatable bonds is 7. The Morgan fingerprint density at radius 3 is 2.74 bits per heavy atom. The van der Waals surface area contributed by atoms with Gasteiger partial charge in [0.05, 0.1) is 13.7 Å². The summed E-state index contributed by atoms with van der Waals surface area (Å²) in [5, 5.41) is 6.66. The number of methoxy groups -OCH3 is 1. The zero-order valence-electron chi connectivity index (χ0n) is 15.7. The maximum absolute atomic E-state index is 13.6. The second kappa shape index (κ2) is 9.87. The molecule has 2 N–H and O–H groups in total. The van der Waals surface area contributed by atoms with Gasteiger partial charge < -0.3 is 15.4 Å². The van der Waals surface area contributed by atoms with Crippen LogP contribution in [-0.2, 0) is 12.0 Å². The number of guanidine groups is 1. The number of nitrogens with one attached hydrogen (secondary N) is 2. The summed E-state index contributed by atoms with van der Waals surface area (Å²) >= 11 is 0. The molecule has 146 valence electrons. The summed E-state index contributed by atoms with van der Waals surface area (Å²) in [6.07, 6.45) is 3.81. The molecule has 0 amide bonds. The van der Waals surface area contributed by atoms with Crippen molar-refractivity contribution in [1.29, 1.82) is 0 Å². The second-order valence-corrected chi connectivity index (χ2v) is 6.51. The minimum atomic E-state index is -0.182. The molecule has 0 aliphatic heterocycles. The molecule has 1 fully saturated rings. The third-order valence-electron chi connectivity index (χ3n) is 4.68. The molecule has 2 aromatic rings. The zero-order valence-corrected chi connectivity index (χ0v) is 18.0. The Bertz CT molecular complexity index is 780. The van der Waals surface area contributed by atoms with Crippen LogP contribution in [0.5, 0.6) is 5.88 Å². The Hall–Kier alpha value is -1.90. The summed E-state index contributed by atoms with van der Waals surface area (Å²) in [7, 11) is 1.61. The molecule has 3 rings (SSSR count). The molecule has 0 bridgehead atoms. The molecule has 1 aliphatic carbocycles. The van der Waals surface area contributed by atoms with Crippen LogP contribution in [0, 0.1) is 5.82 Å². The average molecular weight is 484 g/mol. The summed E-state index contributed by atoms with van der Waals surface area (Å²) in [6, 6.07) is 10.7. The van der Waals surface area contributed by atoms with Gasteiger partial charge in [-0.05, 0) is 43.5 Å². The number of nitrogens with zero attached hydrogens (tertiary/aromatic N) is 2. The second-order valence-electron chi connectivity index (χ2n) is 6.51. The highest BCUT2D eigenvalue weighted by atomic mass is 127. The van der Waals surface area contributed by atoms with Gasteiger partial charge in [0.1, 0.15) is 5.82 Å². The summed E-state index contributed by atoms with van der Waals surface area (Å²) in [6.45, 7) is 4.00. The highest BCUT2D eigenvalue weighted by Crippen LogP contribution is 2.47. The first-order chi connectivity index (χ1) is 12.7. The van der Waals surface area contributed by atoms with Crippen molar-refractivity contribution in [1.82, 2.24) is 15.6 Å². The molecular formula is C20H26FIN4O. The van der Waals surface area contributed by atoms with Gasteiger partial charge in [0.25, 0.3) is 0 Å². The van der Waals surface area contributed by atoms with Gasteiger partial charge in [0.15, 0.2) is 5.96 Å². The summed E-state index contributed by atoms with van der Waals surface area (Å²) in [5.74, 6) is 1.14. The fourth-order valence-electron chi connectivity index (χ4n) is 3.02. The summed E-state index contributed by atoms with van der Waals surface area (Å²) in [4.78, 5) is 8.83.